The summed E-state index contributed by atoms with van der Waals surface area (Å²) >= 11 is 8.97. The molecule has 5 nitrogen and oxygen atoms in total. The van der Waals surface area contributed by atoms with Crippen LogP contribution in [0.2, 0.25) is 0 Å². The molecular weight excluding hydrogens is 457 g/mol. The Balaban J connectivity index is 1.51. The zero-order chi connectivity index (χ0) is 22.8. The number of halogens is 2. The number of aromatic nitrogens is 2. The standard InChI is InChI=1S/C21H23BrFN3O2S/c1-25-17(9-18(27)24-13-4-6-28-7-5-13)19-15-10-21(15,11-26(19)20(25)29)14-8-12(22)2-3-16(14)23/h2-3,8,13,15H,4-7,9-11H2,1H3,(H,24,27)/t15-,21+/m0/s1/i1D3. The van der Waals surface area contributed by atoms with Crippen molar-refractivity contribution in [3.05, 3.63) is 50.2 Å². The molecule has 3 heterocycles. The van der Waals surface area contributed by atoms with E-state index in [2.05, 4.69) is 21.2 Å². The van der Waals surface area contributed by atoms with Gasteiger partial charge in [0.15, 0.2) is 4.77 Å². The van der Waals surface area contributed by atoms with E-state index in [0.717, 1.165) is 27.6 Å². The van der Waals surface area contributed by atoms with Crippen LogP contribution in [0.4, 0.5) is 4.39 Å². The fourth-order valence-electron chi connectivity index (χ4n) is 4.98. The van der Waals surface area contributed by atoms with Crippen molar-refractivity contribution >= 4 is 34.1 Å². The quantitative estimate of drug-likeness (QED) is 0.675. The molecule has 1 N–H and O–H groups in total. The van der Waals surface area contributed by atoms with Crippen LogP contribution in [0.15, 0.2) is 22.7 Å². The zero-order valence-electron chi connectivity index (χ0n) is 18.7. The number of benzene rings is 1. The molecule has 5 rings (SSSR count). The van der Waals surface area contributed by atoms with Crippen LogP contribution in [-0.4, -0.2) is 34.3 Å². The Morgan fingerprint density at radius 2 is 2.28 bits per heavy atom. The normalized spacial score (nSPS) is 27.5. The van der Waals surface area contributed by atoms with Crippen molar-refractivity contribution in [3.63, 3.8) is 0 Å². The number of imidazole rings is 1. The van der Waals surface area contributed by atoms with Gasteiger partial charge < -0.3 is 19.2 Å². The molecule has 2 fully saturated rings. The molecule has 0 spiro atoms. The summed E-state index contributed by atoms with van der Waals surface area (Å²) in [6.45, 7) is -0.889. The van der Waals surface area contributed by atoms with Crippen LogP contribution >= 0.6 is 28.1 Å². The van der Waals surface area contributed by atoms with Crippen LogP contribution in [0.25, 0.3) is 0 Å². The number of ether oxygens (including phenoxy) is 1. The molecule has 2 aliphatic heterocycles. The van der Waals surface area contributed by atoms with Gasteiger partial charge in [0.2, 0.25) is 5.91 Å². The molecule has 3 aliphatic rings. The summed E-state index contributed by atoms with van der Waals surface area (Å²) in [7, 11) is 0. The number of carbonyl (C=O) groups is 1. The van der Waals surface area contributed by atoms with Crippen molar-refractivity contribution in [2.75, 3.05) is 13.2 Å². The Morgan fingerprint density at radius 1 is 1.48 bits per heavy atom. The van der Waals surface area contributed by atoms with Gasteiger partial charge in [0.05, 0.1) is 6.42 Å². The van der Waals surface area contributed by atoms with Crippen LogP contribution in [0.5, 0.6) is 0 Å². The second-order valence-corrected chi connectivity index (χ2v) is 9.48. The van der Waals surface area contributed by atoms with Crippen LogP contribution in [0.3, 0.4) is 0 Å². The van der Waals surface area contributed by atoms with Crippen molar-refractivity contribution in [2.45, 2.75) is 49.6 Å². The summed E-state index contributed by atoms with van der Waals surface area (Å²) in [4.78, 5) is 12.9. The minimum atomic E-state index is -2.50. The van der Waals surface area contributed by atoms with Crippen molar-refractivity contribution in [1.29, 1.82) is 0 Å². The maximum atomic E-state index is 14.7. The summed E-state index contributed by atoms with van der Waals surface area (Å²) in [5.41, 5.74) is 1.33. The van der Waals surface area contributed by atoms with E-state index in [1.165, 1.54) is 6.07 Å². The maximum absolute atomic E-state index is 14.7. The molecule has 2 atom stereocenters. The fraction of sp³-hybridized carbons (Fsp3) is 0.524. The molecule has 0 unspecified atom stereocenters. The lowest BCUT2D eigenvalue weighted by Gasteiger charge is -2.23. The Labute approximate surface area is 186 Å². The molecule has 154 valence electrons. The van der Waals surface area contributed by atoms with Gasteiger partial charge >= 0.3 is 0 Å². The maximum Gasteiger partial charge on any atom is 0.226 e. The molecule has 1 amide bonds. The van der Waals surface area contributed by atoms with E-state index in [-0.39, 0.29) is 34.9 Å². The lowest BCUT2D eigenvalue weighted by Crippen LogP contribution is -2.39. The Bertz CT molecular complexity index is 1160. The molecule has 0 radical (unpaired) electrons. The number of hydrogen-bond acceptors (Lipinski definition) is 3. The van der Waals surface area contributed by atoms with E-state index in [4.69, 9.17) is 21.1 Å². The first-order valence-corrected chi connectivity index (χ1v) is 11.0. The van der Waals surface area contributed by atoms with E-state index in [0.29, 0.717) is 37.4 Å². The third kappa shape index (κ3) is 3.11. The number of nitrogens with one attached hydrogen (secondary N) is 1. The van der Waals surface area contributed by atoms with Gasteiger partial charge in [0, 0.05) is 64.1 Å². The highest BCUT2D eigenvalue weighted by Crippen LogP contribution is 2.66. The molecule has 8 heteroatoms. The monoisotopic (exact) mass is 482 g/mol. The topological polar surface area (TPSA) is 48.2 Å². The average Bonchev–Trinajstić information content (AvgIpc) is 3.23. The Kier molecular flexibility index (Phi) is 3.93. The highest BCUT2D eigenvalue weighted by atomic mass is 79.9. The molecule has 1 saturated carbocycles. The lowest BCUT2D eigenvalue weighted by molar-refractivity contribution is -0.121. The first-order valence-electron chi connectivity index (χ1n) is 11.3. The van der Waals surface area contributed by atoms with Gasteiger partial charge in [-0.1, -0.05) is 15.9 Å². The van der Waals surface area contributed by atoms with Gasteiger partial charge in [-0.3, -0.25) is 4.79 Å². The van der Waals surface area contributed by atoms with Crippen LogP contribution in [-0.2, 0) is 34.9 Å². The number of hydrogen-bond donors (Lipinski definition) is 1. The minimum absolute atomic E-state index is 0.0203. The Hall–Kier alpha value is -1.51. The Morgan fingerprint density at radius 3 is 3.03 bits per heavy atom. The third-order valence-electron chi connectivity index (χ3n) is 6.50. The SMILES string of the molecule is [2H]C([2H])([2H])n1c(CC(=O)NC2CCOCC2)c2n(c1=S)C[C@@]1(c3cc(Br)ccc3F)C[C@@H]21. The predicted octanol–water partition coefficient (Wildman–Crippen LogP) is 3.73. The molecule has 1 saturated heterocycles. The second kappa shape index (κ2) is 7.03. The van der Waals surface area contributed by atoms with Crippen molar-refractivity contribution in [3.8, 4) is 0 Å². The smallest absolute Gasteiger partial charge is 0.226 e. The van der Waals surface area contributed by atoms with E-state index in [1.54, 1.807) is 16.7 Å². The summed E-state index contributed by atoms with van der Waals surface area (Å²) in [5, 5.41) is 3.01. The summed E-state index contributed by atoms with van der Waals surface area (Å²) in [5.74, 6) is -0.581. The first-order chi connectivity index (χ1) is 15.1. The minimum Gasteiger partial charge on any atom is -0.381 e. The third-order valence-corrected chi connectivity index (χ3v) is 7.40. The molecule has 1 aliphatic carbocycles. The molecule has 1 aromatic carbocycles. The molecule has 1 aromatic heterocycles. The average molecular weight is 483 g/mol. The lowest BCUT2D eigenvalue weighted by atomic mass is 9.93. The highest BCUT2D eigenvalue weighted by molar-refractivity contribution is 9.10. The fourth-order valence-corrected chi connectivity index (χ4v) is 5.61. The van der Waals surface area contributed by atoms with Gasteiger partial charge in [-0.15, -0.1) is 0 Å². The molecular formula is C21H23BrFN3O2S. The largest absolute Gasteiger partial charge is 0.381 e. The number of nitrogens with zero attached hydrogens (tertiary/aromatic N) is 2. The van der Waals surface area contributed by atoms with Gasteiger partial charge in [-0.2, -0.15) is 0 Å². The van der Waals surface area contributed by atoms with Crippen LogP contribution in [0, 0.1) is 10.6 Å². The van der Waals surface area contributed by atoms with Crippen molar-refractivity contribution in [2.24, 2.45) is 6.98 Å². The predicted molar refractivity (Wildman–Crippen MR) is 113 cm³/mol. The van der Waals surface area contributed by atoms with Crippen molar-refractivity contribution in [1.82, 2.24) is 14.5 Å². The van der Waals surface area contributed by atoms with Crippen LogP contribution in [0.1, 0.15) is 46.2 Å². The van der Waals surface area contributed by atoms with Gasteiger partial charge in [-0.25, -0.2) is 4.39 Å². The first kappa shape index (κ1) is 16.2. The number of amides is 1. The second-order valence-electron chi connectivity index (χ2n) is 8.20. The number of rotatable bonds is 4. The van der Waals surface area contributed by atoms with E-state index in [1.807, 2.05) is 0 Å². The van der Waals surface area contributed by atoms with Gasteiger partial charge in [-0.05, 0) is 55.2 Å². The number of carbonyl (C=O) groups excluding carboxylic acids is 1. The van der Waals surface area contributed by atoms with Gasteiger partial charge in [0.1, 0.15) is 5.82 Å². The molecule has 0 bridgehead atoms. The summed E-state index contributed by atoms with van der Waals surface area (Å²) in [6, 6.07) is 4.92. The van der Waals surface area contributed by atoms with E-state index in [9.17, 15) is 9.18 Å². The van der Waals surface area contributed by atoms with E-state index >= 15 is 0 Å². The number of fused-ring (bicyclic) bond motifs is 3. The molecule has 29 heavy (non-hydrogen) atoms. The molecule has 2 aromatic rings. The van der Waals surface area contributed by atoms with Gasteiger partial charge in [0.25, 0.3) is 0 Å². The van der Waals surface area contributed by atoms with E-state index < -0.39 is 12.4 Å². The highest BCUT2D eigenvalue weighted by Gasteiger charge is 2.63. The summed E-state index contributed by atoms with van der Waals surface area (Å²) < 4.78 is 48.0. The zero-order valence-corrected chi connectivity index (χ0v) is 18.1. The van der Waals surface area contributed by atoms with Crippen molar-refractivity contribution < 1.29 is 18.0 Å². The van der Waals surface area contributed by atoms with Crippen LogP contribution < -0.4 is 5.32 Å². The summed E-state index contributed by atoms with van der Waals surface area (Å²) in [6.07, 6.45) is 2.10.